The number of aliphatic hydroxyl groups excluding tert-OH is 1. The van der Waals surface area contributed by atoms with Gasteiger partial charge >= 0.3 is 0 Å². The van der Waals surface area contributed by atoms with Gasteiger partial charge in [0.05, 0.1) is 16.4 Å². The third kappa shape index (κ3) is 3.04. The van der Waals surface area contributed by atoms with Gasteiger partial charge in [-0.05, 0) is 69.9 Å². The molecule has 0 fully saturated rings. The Bertz CT molecular complexity index is 980. The van der Waals surface area contributed by atoms with Crippen molar-refractivity contribution in [1.82, 2.24) is 0 Å². The lowest BCUT2D eigenvalue weighted by Gasteiger charge is -2.38. The Morgan fingerprint density at radius 3 is 2.39 bits per heavy atom. The van der Waals surface area contributed by atoms with Gasteiger partial charge in [-0.2, -0.15) is 0 Å². The molecule has 0 bridgehead atoms. The number of benzene rings is 1. The molecule has 0 amide bonds. The third-order valence-electron chi connectivity index (χ3n) is 5.85. The van der Waals surface area contributed by atoms with Gasteiger partial charge in [0.25, 0.3) is 0 Å². The predicted molar refractivity (Wildman–Crippen MR) is 109 cm³/mol. The number of halogens is 2. The zero-order valence-electron chi connectivity index (χ0n) is 16.7. The molecule has 1 atom stereocenters. The van der Waals surface area contributed by atoms with E-state index in [1.165, 1.54) is 6.08 Å². The molecular formula is C23H24ClFO3. The molecule has 1 unspecified atom stereocenters. The van der Waals surface area contributed by atoms with Gasteiger partial charge < -0.3 is 5.11 Å². The summed E-state index contributed by atoms with van der Waals surface area (Å²) in [6.45, 7) is 8.23. The maximum atomic E-state index is 14.5. The molecule has 0 aromatic heterocycles. The summed E-state index contributed by atoms with van der Waals surface area (Å²) in [5.41, 5.74) is -0.296. The molecule has 0 saturated carbocycles. The number of Topliss-reactive ketones (excluding diaryl/α,β-unsaturated/α-hetero) is 2. The summed E-state index contributed by atoms with van der Waals surface area (Å²) >= 11 is 5.88. The number of aliphatic hydroxyl groups is 1. The van der Waals surface area contributed by atoms with Crippen molar-refractivity contribution in [3.63, 3.8) is 0 Å². The SMILES string of the molecule is Cc1ccc(C2CC=C(Cl)C=C2F)cc1C1=C(O)C(C)(C)C(=O)C(C)(C)C1=O. The number of ketones is 2. The normalized spacial score (nSPS) is 24.2. The summed E-state index contributed by atoms with van der Waals surface area (Å²) in [6.07, 6.45) is 3.46. The van der Waals surface area contributed by atoms with Gasteiger partial charge in [0.1, 0.15) is 11.6 Å². The summed E-state index contributed by atoms with van der Waals surface area (Å²) in [4.78, 5) is 25.9. The molecule has 148 valence electrons. The Hall–Kier alpha value is -2.20. The fourth-order valence-electron chi connectivity index (χ4n) is 4.03. The van der Waals surface area contributed by atoms with Gasteiger partial charge in [0.2, 0.25) is 0 Å². The largest absolute Gasteiger partial charge is 0.510 e. The number of aryl methyl sites for hydroxylation is 1. The van der Waals surface area contributed by atoms with Crippen LogP contribution in [-0.4, -0.2) is 16.7 Å². The Labute approximate surface area is 169 Å². The van der Waals surface area contributed by atoms with Crippen molar-refractivity contribution in [2.45, 2.75) is 47.0 Å². The average Bonchev–Trinajstić information content (AvgIpc) is 2.61. The topological polar surface area (TPSA) is 54.4 Å². The summed E-state index contributed by atoms with van der Waals surface area (Å²) in [6, 6.07) is 5.37. The summed E-state index contributed by atoms with van der Waals surface area (Å²) in [5, 5.41) is 11.2. The molecule has 2 aliphatic carbocycles. The van der Waals surface area contributed by atoms with Crippen LogP contribution in [0.1, 0.15) is 56.7 Å². The van der Waals surface area contributed by atoms with Crippen LogP contribution in [0.3, 0.4) is 0 Å². The van der Waals surface area contributed by atoms with Crippen molar-refractivity contribution in [2.24, 2.45) is 10.8 Å². The van der Waals surface area contributed by atoms with Crippen molar-refractivity contribution >= 4 is 28.7 Å². The standard InChI is InChI=1S/C23H24ClFO3/c1-12-6-7-13(15-9-8-14(24)11-17(15)25)10-16(12)18-19(26)22(2,3)21(28)23(4,5)20(18)27/h6-8,10-11,15,26H,9H2,1-5H3. The molecule has 2 aliphatic rings. The zero-order chi connectivity index (χ0) is 21.0. The van der Waals surface area contributed by atoms with Gasteiger partial charge in [0, 0.05) is 11.0 Å². The van der Waals surface area contributed by atoms with E-state index < -0.39 is 22.5 Å². The Kier molecular flexibility index (Phi) is 4.91. The van der Waals surface area contributed by atoms with Crippen molar-refractivity contribution in [3.8, 4) is 0 Å². The monoisotopic (exact) mass is 402 g/mol. The van der Waals surface area contributed by atoms with Crippen LogP contribution in [0.5, 0.6) is 0 Å². The van der Waals surface area contributed by atoms with Crippen LogP contribution in [-0.2, 0) is 9.59 Å². The Morgan fingerprint density at radius 2 is 1.79 bits per heavy atom. The molecule has 28 heavy (non-hydrogen) atoms. The molecule has 1 N–H and O–H groups in total. The van der Waals surface area contributed by atoms with Crippen molar-refractivity contribution < 1.29 is 19.1 Å². The van der Waals surface area contributed by atoms with E-state index in [9.17, 15) is 19.1 Å². The van der Waals surface area contributed by atoms with Crippen LogP contribution in [0, 0.1) is 17.8 Å². The highest BCUT2D eigenvalue weighted by Crippen LogP contribution is 2.47. The number of hydrogen-bond donors (Lipinski definition) is 1. The molecular weight excluding hydrogens is 379 g/mol. The summed E-state index contributed by atoms with van der Waals surface area (Å²) < 4.78 is 14.5. The second kappa shape index (κ2) is 6.70. The van der Waals surface area contributed by atoms with E-state index in [0.717, 1.165) is 5.56 Å². The maximum absolute atomic E-state index is 14.5. The van der Waals surface area contributed by atoms with Gasteiger partial charge in [-0.25, -0.2) is 4.39 Å². The first kappa shape index (κ1) is 20.5. The van der Waals surface area contributed by atoms with Crippen LogP contribution in [0.2, 0.25) is 0 Å². The van der Waals surface area contributed by atoms with Crippen LogP contribution < -0.4 is 0 Å². The number of carbonyl (C=O) groups is 2. The van der Waals surface area contributed by atoms with Crippen LogP contribution in [0.4, 0.5) is 4.39 Å². The van der Waals surface area contributed by atoms with E-state index in [-0.39, 0.29) is 22.9 Å². The lowest BCUT2D eigenvalue weighted by Crippen LogP contribution is -2.48. The molecule has 0 spiro atoms. The van der Waals surface area contributed by atoms with E-state index in [1.807, 2.05) is 19.1 Å². The van der Waals surface area contributed by atoms with Crippen LogP contribution in [0.25, 0.3) is 5.57 Å². The van der Waals surface area contributed by atoms with Gasteiger partial charge in [-0.3, -0.25) is 9.59 Å². The fraction of sp³-hybridized carbons (Fsp3) is 0.391. The second-order valence-electron chi connectivity index (χ2n) is 8.61. The van der Waals surface area contributed by atoms with E-state index >= 15 is 0 Å². The highest BCUT2D eigenvalue weighted by molar-refractivity contribution is 6.34. The minimum atomic E-state index is -1.25. The average molecular weight is 403 g/mol. The summed E-state index contributed by atoms with van der Waals surface area (Å²) in [7, 11) is 0. The van der Waals surface area contributed by atoms with Gasteiger partial charge in [0.15, 0.2) is 11.6 Å². The number of allylic oxidation sites excluding steroid dienone is 6. The number of rotatable bonds is 2. The smallest absolute Gasteiger partial charge is 0.179 e. The van der Waals surface area contributed by atoms with Gasteiger partial charge in [-0.1, -0.05) is 29.8 Å². The minimum Gasteiger partial charge on any atom is -0.510 e. The molecule has 0 saturated heterocycles. The minimum absolute atomic E-state index is 0.141. The lowest BCUT2D eigenvalue weighted by atomic mass is 9.62. The molecule has 3 rings (SSSR count). The number of hydrogen-bond acceptors (Lipinski definition) is 3. The van der Waals surface area contributed by atoms with Crippen LogP contribution >= 0.6 is 11.6 Å². The first-order chi connectivity index (χ1) is 12.9. The van der Waals surface area contributed by atoms with Crippen molar-refractivity contribution in [2.75, 3.05) is 0 Å². The number of carbonyl (C=O) groups excluding carboxylic acids is 2. The van der Waals surface area contributed by atoms with E-state index in [4.69, 9.17) is 11.6 Å². The van der Waals surface area contributed by atoms with Gasteiger partial charge in [-0.15, -0.1) is 0 Å². The second-order valence-corrected chi connectivity index (χ2v) is 9.05. The van der Waals surface area contributed by atoms with Crippen molar-refractivity contribution in [1.29, 1.82) is 0 Å². The molecule has 1 aromatic carbocycles. The molecule has 0 aliphatic heterocycles. The van der Waals surface area contributed by atoms with E-state index in [2.05, 4.69) is 0 Å². The Balaban J connectivity index is 2.19. The third-order valence-corrected chi connectivity index (χ3v) is 6.11. The molecule has 0 heterocycles. The highest BCUT2D eigenvalue weighted by Gasteiger charge is 2.53. The predicted octanol–water partition coefficient (Wildman–Crippen LogP) is 5.93. The quantitative estimate of drug-likeness (QED) is 0.623. The first-order valence-electron chi connectivity index (χ1n) is 9.26. The molecule has 0 radical (unpaired) electrons. The molecule has 5 heteroatoms. The highest BCUT2D eigenvalue weighted by atomic mass is 35.5. The lowest BCUT2D eigenvalue weighted by molar-refractivity contribution is -0.143. The maximum Gasteiger partial charge on any atom is 0.179 e. The van der Waals surface area contributed by atoms with E-state index in [1.54, 1.807) is 39.8 Å². The fourth-order valence-corrected chi connectivity index (χ4v) is 4.22. The Morgan fingerprint density at radius 1 is 1.14 bits per heavy atom. The van der Waals surface area contributed by atoms with Crippen LogP contribution in [0.15, 0.2) is 47.0 Å². The molecule has 3 nitrogen and oxygen atoms in total. The molecule has 1 aromatic rings. The summed E-state index contributed by atoms with van der Waals surface area (Å²) in [5.74, 6) is -1.81. The van der Waals surface area contributed by atoms with Crippen molar-refractivity contribution in [3.05, 3.63) is 63.7 Å². The first-order valence-corrected chi connectivity index (χ1v) is 9.64. The zero-order valence-corrected chi connectivity index (χ0v) is 17.4. The van der Waals surface area contributed by atoms with E-state index in [0.29, 0.717) is 22.6 Å².